The number of aliphatic hydroxyl groups is 1. The van der Waals surface area contributed by atoms with Gasteiger partial charge in [0.2, 0.25) is 0 Å². The van der Waals surface area contributed by atoms with Crippen LogP contribution in [0.2, 0.25) is 0 Å². The number of rotatable bonds is 3. The lowest BCUT2D eigenvalue weighted by Gasteiger charge is -2.11. The standard InChI is InChI=1S/C15H14NO2/c1-10-7-8-12(9-13(10)16)15(18)14(17)11-5-3-2-4-6-11/h2-9,15,18H,1,16H2. The number of Topliss-reactive ketones (excluding diaryl/α,β-unsaturated/α-hetero) is 1. The van der Waals surface area contributed by atoms with Gasteiger partial charge in [-0.2, -0.15) is 0 Å². The summed E-state index contributed by atoms with van der Waals surface area (Å²) in [6.07, 6.45) is -1.20. The van der Waals surface area contributed by atoms with Crippen LogP contribution in [0.4, 0.5) is 5.69 Å². The van der Waals surface area contributed by atoms with E-state index in [0.29, 0.717) is 22.4 Å². The molecule has 1 radical (unpaired) electrons. The zero-order valence-corrected chi connectivity index (χ0v) is 9.84. The van der Waals surface area contributed by atoms with Gasteiger partial charge in [-0.05, 0) is 24.1 Å². The Balaban J connectivity index is 2.28. The number of nitrogen functional groups attached to an aromatic ring is 1. The highest BCUT2D eigenvalue weighted by molar-refractivity contribution is 5.99. The lowest BCUT2D eigenvalue weighted by atomic mass is 9.98. The highest BCUT2D eigenvalue weighted by atomic mass is 16.3. The number of hydrogen-bond donors (Lipinski definition) is 2. The topological polar surface area (TPSA) is 63.3 Å². The number of nitrogens with two attached hydrogens (primary N) is 1. The van der Waals surface area contributed by atoms with Crippen molar-refractivity contribution < 1.29 is 9.90 Å². The Labute approximate surface area is 106 Å². The van der Waals surface area contributed by atoms with Crippen molar-refractivity contribution in [3.63, 3.8) is 0 Å². The van der Waals surface area contributed by atoms with Gasteiger partial charge in [-0.3, -0.25) is 4.79 Å². The number of benzene rings is 2. The first-order valence-corrected chi connectivity index (χ1v) is 5.58. The predicted octanol–water partition coefficient (Wildman–Crippen LogP) is 2.37. The van der Waals surface area contributed by atoms with Crippen molar-refractivity contribution in [1.82, 2.24) is 0 Å². The van der Waals surface area contributed by atoms with E-state index >= 15 is 0 Å². The van der Waals surface area contributed by atoms with Crippen LogP contribution in [-0.4, -0.2) is 10.9 Å². The molecule has 0 aliphatic rings. The summed E-state index contributed by atoms with van der Waals surface area (Å²) in [6, 6.07) is 13.6. The minimum Gasteiger partial charge on any atom is -0.398 e. The summed E-state index contributed by atoms with van der Waals surface area (Å²) < 4.78 is 0. The van der Waals surface area contributed by atoms with E-state index < -0.39 is 6.10 Å². The smallest absolute Gasteiger partial charge is 0.195 e. The van der Waals surface area contributed by atoms with Gasteiger partial charge in [0.15, 0.2) is 5.78 Å². The fourth-order valence-electron chi connectivity index (χ4n) is 1.70. The normalized spacial score (nSPS) is 12.1. The maximum atomic E-state index is 12.0. The van der Waals surface area contributed by atoms with Gasteiger partial charge in [-0.1, -0.05) is 42.5 Å². The molecule has 0 spiro atoms. The van der Waals surface area contributed by atoms with Gasteiger partial charge >= 0.3 is 0 Å². The second kappa shape index (κ2) is 5.02. The van der Waals surface area contributed by atoms with E-state index in [1.165, 1.54) is 0 Å². The van der Waals surface area contributed by atoms with Crippen LogP contribution in [0.15, 0.2) is 48.5 Å². The van der Waals surface area contributed by atoms with Gasteiger partial charge in [0, 0.05) is 11.3 Å². The van der Waals surface area contributed by atoms with Crippen LogP contribution in [-0.2, 0) is 0 Å². The zero-order chi connectivity index (χ0) is 13.1. The summed E-state index contributed by atoms with van der Waals surface area (Å²) in [5.41, 5.74) is 7.81. The minimum absolute atomic E-state index is 0.341. The van der Waals surface area contributed by atoms with Crippen molar-refractivity contribution in [1.29, 1.82) is 0 Å². The molecule has 0 bridgehead atoms. The van der Waals surface area contributed by atoms with E-state index in [0.717, 1.165) is 0 Å². The summed E-state index contributed by atoms with van der Waals surface area (Å²) in [5, 5.41) is 10.0. The molecule has 0 aliphatic heterocycles. The first-order chi connectivity index (χ1) is 8.59. The molecule has 0 heterocycles. The van der Waals surface area contributed by atoms with Crippen LogP contribution >= 0.6 is 0 Å². The van der Waals surface area contributed by atoms with Crippen LogP contribution in [0.3, 0.4) is 0 Å². The van der Waals surface area contributed by atoms with Gasteiger partial charge < -0.3 is 10.8 Å². The van der Waals surface area contributed by atoms with Crippen LogP contribution in [0.25, 0.3) is 0 Å². The highest BCUT2D eigenvalue weighted by Gasteiger charge is 2.19. The molecule has 0 aromatic heterocycles. The van der Waals surface area contributed by atoms with Gasteiger partial charge in [0.1, 0.15) is 6.10 Å². The van der Waals surface area contributed by atoms with E-state index in [-0.39, 0.29) is 5.78 Å². The molecule has 3 nitrogen and oxygen atoms in total. The summed E-state index contributed by atoms with van der Waals surface area (Å²) in [6.45, 7) is 3.73. The lowest BCUT2D eigenvalue weighted by Crippen LogP contribution is -2.12. The molecule has 18 heavy (non-hydrogen) atoms. The van der Waals surface area contributed by atoms with Crippen molar-refractivity contribution in [3.05, 3.63) is 72.1 Å². The Bertz CT molecular complexity index is 564. The van der Waals surface area contributed by atoms with Crippen molar-refractivity contribution in [2.75, 3.05) is 5.73 Å². The molecular formula is C15H14NO2. The number of carbonyl (C=O) groups is 1. The van der Waals surface area contributed by atoms with Crippen LogP contribution < -0.4 is 5.73 Å². The summed E-state index contributed by atoms with van der Waals surface area (Å²) in [4.78, 5) is 12.0. The number of carbonyl (C=O) groups excluding carboxylic acids is 1. The Kier molecular flexibility index (Phi) is 3.44. The molecule has 2 aromatic carbocycles. The monoisotopic (exact) mass is 240 g/mol. The Morgan fingerprint density at radius 2 is 1.83 bits per heavy atom. The zero-order valence-electron chi connectivity index (χ0n) is 9.84. The lowest BCUT2D eigenvalue weighted by molar-refractivity contribution is 0.0747. The van der Waals surface area contributed by atoms with Crippen molar-refractivity contribution in [2.24, 2.45) is 0 Å². The fraction of sp³-hybridized carbons (Fsp3) is 0.0667. The van der Waals surface area contributed by atoms with Crippen molar-refractivity contribution in [3.8, 4) is 0 Å². The summed E-state index contributed by atoms with van der Waals surface area (Å²) >= 11 is 0. The third-order valence-electron chi connectivity index (χ3n) is 2.79. The number of ketones is 1. The third-order valence-corrected chi connectivity index (χ3v) is 2.79. The molecule has 3 N–H and O–H groups in total. The first kappa shape index (κ1) is 12.3. The molecule has 2 aromatic rings. The largest absolute Gasteiger partial charge is 0.398 e. The number of anilines is 1. The Morgan fingerprint density at radius 1 is 1.17 bits per heavy atom. The SMILES string of the molecule is [CH2]c1ccc(C(O)C(=O)c2ccccc2)cc1N. The second-order valence-electron chi connectivity index (χ2n) is 4.09. The van der Waals surface area contributed by atoms with E-state index in [4.69, 9.17) is 5.73 Å². The van der Waals surface area contributed by atoms with Gasteiger partial charge in [-0.15, -0.1) is 0 Å². The van der Waals surface area contributed by atoms with Gasteiger partial charge in [-0.25, -0.2) is 0 Å². The Morgan fingerprint density at radius 3 is 2.44 bits per heavy atom. The molecular weight excluding hydrogens is 226 g/mol. The molecule has 0 fully saturated rings. The van der Waals surface area contributed by atoms with Gasteiger partial charge in [0.25, 0.3) is 0 Å². The van der Waals surface area contributed by atoms with E-state index in [9.17, 15) is 9.90 Å². The Hall–Kier alpha value is -2.13. The van der Waals surface area contributed by atoms with Crippen molar-refractivity contribution in [2.45, 2.75) is 6.10 Å². The average molecular weight is 240 g/mol. The maximum absolute atomic E-state index is 12.0. The highest BCUT2D eigenvalue weighted by Crippen LogP contribution is 2.22. The predicted molar refractivity (Wildman–Crippen MR) is 71.0 cm³/mol. The molecule has 3 heteroatoms. The molecule has 91 valence electrons. The minimum atomic E-state index is -1.20. The maximum Gasteiger partial charge on any atom is 0.195 e. The summed E-state index contributed by atoms with van der Waals surface area (Å²) in [7, 11) is 0. The molecule has 2 rings (SSSR count). The summed E-state index contributed by atoms with van der Waals surface area (Å²) in [5.74, 6) is -0.341. The van der Waals surface area contributed by atoms with E-state index in [2.05, 4.69) is 6.92 Å². The van der Waals surface area contributed by atoms with E-state index in [1.54, 1.807) is 42.5 Å². The molecule has 1 atom stereocenters. The van der Waals surface area contributed by atoms with Crippen LogP contribution in [0, 0.1) is 6.92 Å². The molecule has 1 unspecified atom stereocenters. The second-order valence-corrected chi connectivity index (χ2v) is 4.09. The number of aliphatic hydroxyl groups excluding tert-OH is 1. The van der Waals surface area contributed by atoms with Crippen LogP contribution in [0.1, 0.15) is 27.6 Å². The molecule has 0 saturated heterocycles. The average Bonchev–Trinajstić information content (AvgIpc) is 2.41. The quantitative estimate of drug-likeness (QED) is 0.639. The fourth-order valence-corrected chi connectivity index (χ4v) is 1.70. The molecule has 0 amide bonds. The van der Waals surface area contributed by atoms with Crippen LogP contribution in [0.5, 0.6) is 0 Å². The first-order valence-electron chi connectivity index (χ1n) is 5.58. The van der Waals surface area contributed by atoms with E-state index in [1.807, 2.05) is 6.07 Å². The number of hydrogen-bond acceptors (Lipinski definition) is 3. The van der Waals surface area contributed by atoms with Gasteiger partial charge in [0.05, 0.1) is 0 Å². The molecule has 0 aliphatic carbocycles. The molecule has 0 saturated carbocycles. The third kappa shape index (κ3) is 2.41. The van der Waals surface area contributed by atoms with Crippen molar-refractivity contribution >= 4 is 11.5 Å².